The molecule has 0 saturated heterocycles. The van der Waals surface area contributed by atoms with Crippen LogP contribution >= 0.6 is 0 Å². The van der Waals surface area contributed by atoms with Gasteiger partial charge >= 0.3 is 0 Å². The second-order valence-corrected chi connectivity index (χ2v) is 9.50. The van der Waals surface area contributed by atoms with Crippen LogP contribution in [0.3, 0.4) is 0 Å². The summed E-state index contributed by atoms with van der Waals surface area (Å²) in [7, 11) is -2.14. The van der Waals surface area contributed by atoms with Crippen molar-refractivity contribution in [2.24, 2.45) is 0 Å². The van der Waals surface area contributed by atoms with Crippen LogP contribution in [0.15, 0.2) is 47.4 Å². The van der Waals surface area contributed by atoms with Gasteiger partial charge in [0.15, 0.2) is 0 Å². The second-order valence-electron chi connectivity index (χ2n) is 7.50. The van der Waals surface area contributed by atoms with Crippen LogP contribution < -0.4 is 5.32 Å². The Morgan fingerprint density at radius 2 is 1.80 bits per heavy atom. The molecule has 0 unspecified atom stereocenters. The number of anilines is 1. The van der Waals surface area contributed by atoms with Gasteiger partial charge in [-0.15, -0.1) is 0 Å². The number of nitro benzene ring substituents is 1. The zero-order valence-corrected chi connectivity index (χ0v) is 17.8. The highest BCUT2D eigenvalue weighted by Crippen LogP contribution is 2.28. The minimum absolute atomic E-state index is 0.0336. The third-order valence-corrected chi connectivity index (χ3v) is 7.52. The molecule has 1 aliphatic carbocycles. The lowest BCUT2D eigenvalue weighted by Gasteiger charge is -2.30. The van der Waals surface area contributed by atoms with E-state index in [0.29, 0.717) is 11.3 Å². The van der Waals surface area contributed by atoms with Crippen molar-refractivity contribution in [3.63, 3.8) is 0 Å². The Bertz CT molecular complexity index is 1060. The standard InChI is InChI=1S/C21H25N3O5S/c1-15-19(12-7-13-20(15)24(26)27)22-21(25)16-8-6-11-18(14-16)30(28,29)23(2)17-9-4-3-5-10-17/h6-8,11-14,17H,3-5,9-10H2,1-2H3,(H,22,25). The Hall–Kier alpha value is -2.78. The molecule has 0 radical (unpaired) electrons. The van der Waals surface area contributed by atoms with E-state index in [1.807, 2.05) is 0 Å². The van der Waals surface area contributed by atoms with Crippen LogP contribution in [0, 0.1) is 17.0 Å². The molecular weight excluding hydrogens is 406 g/mol. The van der Waals surface area contributed by atoms with Gasteiger partial charge in [-0.1, -0.05) is 31.4 Å². The maximum absolute atomic E-state index is 13.1. The molecule has 0 atom stereocenters. The van der Waals surface area contributed by atoms with E-state index in [2.05, 4.69) is 5.32 Å². The number of benzene rings is 2. The molecule has 3 rings (SSSR count). The number of sulfonamides is 1. The zero-order chi connectivity index (χ0) is 21.9. The van der Waals surface area contributed by atoms with Gasteiger partial charge in [-0.2, -0.15) is 4.31 Å². The Morgan fingerprint density at radius 3 is 2.47 bits per heavy atom. The van der Waals surface area contributed by atoms with Crippen molar-refractivity contribution in [2.75, 3.05) is 12.4 Å². The average Bonchev–Trinajstić information content (AvgIpc) is 2.75. The first kappa shape index (κ1) is 21.9. The zero-order valence-electron chi connectivity index (χ0n) is 17.0. The number of carbonyl (C=O) groups is 1. The summed E-state index contributed by atoms with van der Waals surface area (Å²) >= 11 is 0. The minimum atomic E-state index is -3.73. The van der Waals surface area contributed by atoms with Crippen molar-refractivity contribution >= 4 is 27.3 Å². The van der Waals surface area contributed by atoms with Gasteiger partial charge in [-0.3, -0.25) is 14.9 Å². The second kappa shape index (κ2) is 8.93. The van der Waals surface area contributed by atoms with E-state index in [0.717, 1.165) is 32.1 Å². The molecular formula is C21H25N3O5S. The maximum atomic E-state index is 13.1. The van der Waals surface area contributed by atoms with Crippen LogP contribution in [0.25, 0.3) is 0 Å². The van der Waals surface area contributed by atoms with E-state index in [1.54, 1.807) is 20.0 Å². The van der Waals surface area contributed by atoms with Crippen LogP contribution in [-0.4, -0.2) is 36.6 Å². The lowest BCUT2D eigenvalue weighted by atomic mass is 9.96. The number of nitro groups is 1. The summed E-state index contributed by atoms with van der Waals surface area (Å²) in [4.78, 5) is 23.3. The molecule has 1 amide bonds. The molecule has 1 saturated carbocycles. The summed E-state index contributed by atoms with van der Waals surface area (Å²) in [5.41, 5.74) is 0.704. The van der Waals surface area contributed by atoms with Crippen molar-refractivity contribution in [2.45, 2.75) is 50.0 Å². The topological polar surface area (TPSA) is 110 Å². The summed E-state index contributed by atoms with van der Waals surface area (Å²) in [5.74, 6) is -0.532. The number of rotatable bonds is 6. The van der Waals surface area contributed by atoms with Crippen LogP contribution in [0.2, 0.25) is 0 Å². The smallest absolute Gasteiger partial charge is 0.274 e. The van der Waals surface area contributed by atoms with Crippen molar-refractivity contribution < 1.29 is 18.1 Å². The van der Waals surface area contributed by atoms with Gasteiger partial charge in [-0.05, 0) is 44.0 Å². The van der Waals surface area contributed by atoms with Crippen molar-refractivity contribution in [3.8, 4) is 0 Å². The van der Waals surface area contributed by atoms with Crippen molar-refractivity contribution in [1.29, 1.82) is 0 Å². The Balaban J connectivity index is 1.84. The maximum Gasteiger partial charge on any atom is 0.274 e. The van der Waals surface area contributed by atoms with Gasteiger partial charge in [0.25, 0.3) is 11.6 Å². The van der Waals surface area contributed by atoms with Crippen molar-refractivity contribution in [1.82, 2.24) is 4.31 Å². The third kappa shape index (κ3) is 4.52. The van der Waals surface area contributed by atoms with E-state index in [1.165, 1.54) is 40.7 Å². The number of carbonyl (C=O) groups excluding carboxylic acids is 1. The lowest BCUT2D eigenvalue weighted by Crippen LogP contribution is -2.38. The van der Waals surface area contributed by atoms with Crippen LogP contribution in [0.1, 0.15) is 48.0 Å². The number of hydrogen-bond acceptors (Lipinski definition) is 5. The molecule has 1 N–H and O–H groups in total. The molecule has 2 aromatic carbocycles. The summed E-state index contributed by atoms with van der Waals surface area (Å²) in [6, 6.07) is 10.2. The predicted octanol–water partition coefficient (Wildman–Crippen LogP) is 4.11. The molecule has 0 aromatic heterocycles. The average molecular weight is 432 g/mol. The molecule has 1 fully saturated rings. The van der Waals surface area contributed by atoms with Crippen LogP contribution in [0.5, 0.6) is 0 Å². The molecule has 2 aromatic rings. The summed E-state index contributed by atoms with van der Waals surface area (Å²) in [6.45, 7) is 1.55. The highest BCUT2D eigenvalue weighted by molar-refractivity contribution is 7.89. The SMILES string of the molecule is Cc1c(NC(=O)c2cccc(S(=O)(=O)N(C)C3CCCCC3)c2)cccc1[N+](=O)[O-]. The quantitative estimate of drug-likeness (QED) is 0.547. The van der Waals surface area contributed by atoms with E-state index >= 15 is 0 Å². The Labute approximate surface area is 176 Å². The summed E-state index contributed by atoms with van der Waals surface area (Å²) < 4.78 is 27.5. The largest absolute Gasteiger partial charge is 0.321 e. The number of hydrogen-bond donors (Lipinski definition) is 1. The fourth-order valence-electron chi connectivity index (χ4n) is 3.76. The molecule has 0 spiro atoms. The molecule has 1 aliphatic rings. The molecule has 160 valence electrons. The number of nitrogens with one attached hydrogen (secondary N) is 1. The van der Waals surface area contributed by atoms with Gasteiger partial charge in [0.05, 0.1) is 21.1 Å². The molecule has 0 aliphatic heterocycles. The van der Waals surface area contributed by atoms with E-state index in [-0.39, 0.29) is 22.2 Å². The van der Waals surface area contributed by atoms with Crippen molar-refractivity contribution in [3.05, 3.63) is 63.7 Å². The minimum Gasteiger partial charge on any atom is -0.321 e. The normalized spacial score (nSPS) is 15.2. The molecule has 0 heterocycles. The van der Waals surface area contributed by atoms with Crippen LogP contribution in [0.4, 0.5) is 11.4 Å². The summed E-state index contributed by atoms with van der Waals surface area (Å²) in [5, 5.41) is 13.7. The Kier molecular flexibility index (Phi) is 6.52. The fraction of sp³-hybridized carbons (Fsp3) is 0.381. The predicted molar refractivity (Wildman–Crippen MR) is 114 cm³/mol. The first-order chi connectivity index (χ1) is 14.2. The van der Waals surface area contributed by atoms with E-state index in [9.17, 15) is 23.3 Å². The first-order valence-corrected chi connectivity index (χ1v) is 11.3. The lowest BCUT2D eigenvalue weighted by molar-refractivity contribution is -0.385. The first-order valence-electron chi connectivity index (χ1n) is 9.85. The fourth-order valence-corrected chi connectivity index (χ4v) is 5.22. The number of amides is 1. The van der Waals surface area contributed by atoms with Gasteiger partial charge < -0.3 is 5.32 Å². The number of nitrogens with zero attached hydrogens (tertiary/aromatic N) is 2. The third-order valence-electron chi connectivity index (χ3n) is 5.61. The molecule has 9 heteroatoms. The van der Waals surface area contributed by atoms with Gasteiger partial charge in [0, 0.05) is 24.7 Å². The highest BCUT2D eigenvalue weighted by atomic mass is 32.2. The van der Waals surface area contributed by atoms with Gasteiger partial charge in [0.1, 0.15) is 0 Å². The molecule has 0 bridgehead atoms. The highest BCUT2D eigenvalue weighted by Gasteiger charge is 2.29. The van der Waals surface area contributed by atoms with Crippen LogP contribution in [-0.2, 0) is 10.0 Å². The molecule has 8 nitrogen and oxygen atoms in total. The Morgan fingerprint density at radius 1 is 1.13 bits per heavy atom. The van der Waals surface area contributed by atoms with E-state index < -0.39 is 20.9 Å². The van der Waals surface area contributed by atoms with Gasteiger partial charge in [-0.25, -0.2) is 8.42 Å². The van der Waals surface area contributed by atoms with Gasteiger partial charge in [0.2, 0.25) is 10.0 Å². The molecule has 30 heavy (non-hydrogen) atoms. The van der Waals surface area contributed by atoms with E-state index in [4.69, 9.17) is 0 Å². The summed E-state index contributed by atoms with van der Waals surface area (Å²) in [6.07, 6.45) is 4.81. The monoisotopic (exact) mass is 431 g/mol.